The summed E-state index contributed by atoms with van der Waals surface area (Å²) < 4.78 is 6.10. The molecular weight excluding hydrogens is 231 g/mol. The number of aryl methyl sites for hydroxylation is 2. The molecule has 19 heavy (non-hydrogen) atoms. The predicted molar refractivity (Wildman–Crippen MR) is 83.6 cm³/mol. The van der Waals surface area contributed by atoms with Gasteiger partial charge in [0.05, 0.1) is 0 Å². The van der Waals surface area contributed by atoms with Crippen LogP contribution in [0.3, 0.4) is 0 Å². The van der Waals surface area contributed by atoms with Gasteiger partial charge in [0.2, 0.25) is 0 Å². The minimum atomic E-state index is 0.0150. The molecule has 0 saturated heterocycles. The highest BCUT2D eigenvalue weighted by Gasteiger charge is 2.22. The van der Waals surface area contributed by atoms with Gasteiger partial charge in [-0.15, -0.1) is 0 Å². The molecule has 0 aromatic heterocycles. The lowest BCUT2D eigenvalue weighted by molar-refractivity contribution is 0.253. The monoisotopic (exact) mass is 252 g/mol. The average Bonchev–Trinajstić information content (AvgIpc) is 2.38. The molecule has 0 N–H and O–H groups in total. The molecule has 0 radical (unpaired) electrons. The summed E-state index contributed by atoms with van der Waals surface area (Å²) in [4.78, 5) is 0. The van der Waals surface area contributed by atoms with Crippen molar-refractivity contribution >= 4 is 17.8 Å². The second-order valence-corrected chi connectivity index (χ2v) is 5.39. The molecule has 0 heterocycles. The van der Waals surface area contributed by atoms with Crippen molar-refractivity contribution in [1.29, 1.82) is 0 Å². The van der Waals surface area contributed by atoms with Crippen LogP contribution in [0.1, 0.15) is 25.0 Å². The zero-order valence-corrected chi connectivity index (χ0v) is 12.2. The van der Waals surface area contributed by atoms with E-state index in [0.717, 1.165) is 0 Å². The Bertz CT molecular complexity index is 468. The lowest BCUT2D eigenvalue weighted by Gasteiger charge is -2.18. The third-order valence-corrected chi connectivity index (χ3v) is 3.17. The molecule has 0 aliphatic rings. The van der Waals surface area contributed by atoms with E-state index in [0.29, 0.717) is 0 Å². The minimum Gasteiger partial charge on any atom is -0.425 e. The molecule has 1 nitrogen and oxygen atoms in total. The molecule has 0 bridgehead atoms. The van der Waals surface area contributed by atoms with Crippen molar-refractivity contribution in [1.82, 2.24) is 0 Å². The van der Waals surface area contributed by atoms with Gasteiger partial charge in [-0.3, -0.25) is 0 Å². The van der Waals surface area contributed by atoms with Crippen LogP contribution in [0.2, 0.25) is 0 Å². The lowest BCUT2D eigenvalue weighted by Crippen LogP contribution is -2.46. The van der Waals surface area contributed by atoms with Crippen LogP contribution in [0, 0.1) is 13.8 Å². The lowest BCUT2D eigenvalue weighted by atomic mass is 9.55. The molecule has 2 aromatic rings. The van der Waals surface area contributed by atoms with Crippen LogP contribution in [0.15, 0.2) is 48.5 Å². The van der Waals surface area contributed by atoms with Gasteiger partial charge < -0.3 is 4.65 Å². The third-order valence-electron chi connectivity index (χ3n) is 3.17. The Labute approximate surface area is 116 Å². The number of hydrogen-bond donors (Lipinski definition) is 0. The molecular formula is C17H21BO. The summed E-state index contributed by atoms with van der Waals surface area (Å²) >= 11 is 0. The van der Waals surface area contributed by atoms with E-state index in [2.05, 4.69) is 76.2 Å². The average molecular weight is 252 g/mol. The molecule has 0 aliphatic heterocycles. The van der Waals surface area contributed by atoms with Crippen molar-refractivity contribution in [3.8, 4) is 0 Å². The highest BCUT2D eigenvalue weighted by atomic mass is 16.4. The molecule has 2 rings (SSSR count). The summed E-state index contributed by atoms with van der Waals surface area (Å²) in [5, 5.41) is 0. The second kappa shape index (κ2) is 6.07. The molecule has 0 saturated carbocycles. The van der Waals surface area contributed by atoms with Gasteiger partial charge in [-0.2, -0.15) is 0 Å². The van der Waals surface area contributed by atoms with Gasteiger partial charge in [0.25, 0.3) is 0 Å². The quantitative estimate of drug-likeness (QED) is 0.760. The number of benzene rings is 2. The van der Waals surface area contributed by atoms with Crippen LogP contribution in [0.25, 0.3) is 0 Å². The van der Waals surface area contributed by atoms with Crippen molar-refractivity contribution in [2.24, 2.45) is 0 Å². The fourth-order valence-corrected chi connectivity index (χ4v) is 2.10. The zero-order chi connectivity index (χ0) is 13.8. The maximum absolute atomic E-state index is 6.10. The predicted octanol–water partition coefficient (Wildman–Crippen LogP) is 2.83. The van der Waals surface area contributed by atoms with Gasteiger partial charge in [0.15, 0.2) is 0 Å². The van der Waals surface area contributed by atoms with Crippen LogP contribution in [0.4, 0.5) is 0 Å². The van der Waals surface area contributed by atoms with E-state index in [1.54, 1.807) is 0 Å². The molecule has 0 aliphatic carbocycles. The van der Waals surface area contributed by atoms with Gasteiger partial charge in [0.1, 0.15) is 0 Å². The van der Waals surface area contributed by atoms with Crippen molar-refractivity contribution in [2.45, 2.75) is 33.8 Å². The topological polar surface area (TPSA) is 9.23 Å². The van der Waals surface area contributed by atoms with Crippen LogP contribution in [-0.4, -0.2) is 13.0 Å². The van der Waals surface area contributed by atoms with Gasteiger partial charge in [-0.25, -0.2) is 0 Å². The van der Waals surface area contributed by atoms with Crippen LogP contribution >= 0.6 is 0 Å². The smallest absolute Gasteiger partial charge is 0.361 e. The highest BCUT2D eigenvalue weighted by Crippen LogP contribution is 2.02. The Kier molecular flexibility index (Phi) is 4.44. The van der Waals surface area contributed by atoms with Gasteiger partial charge in [0, 0.05) is 6.10 Å². The maximum atomic E-state index is 6.10. The summed E-state index contributed by atoms with van der Waals surface area (Å²) in [6.07, 6.45) is 0.201. The molecule has 2 heteroatoms. The first-order valence-corrected chi connectivity index (χ1v) is 6.85. The summed E-state index contributed by atoms with van der Waals surface area (Å²) in [5.41, 5.74) is 4.97. The van der Waals surface area contributed by atoms with Crippen molar-refractivity contribution in [3.05, 3.63) is 59.7 Å². The summed E-state index contributed by atoms with van der Waals surface area (Å²) in [5.74, 6) is 0. The zero-order valence-electron chi connectivity index (χ0n) is 12.2. The standard InChI is InChI=1S/C17H21BO/c1-13(2)19-18(16-9-5-14(3)6-10-16)17-11-7-15(4)8-12-17/h5-13H,1-4H3. The normalized spacial score (nSPS) is 10.8. The van der Waals surface area contributed by atoms with E-state index < -0.39 is 0 Å². The summed E-state index contributed by atoms with van der Waals surface area (Å²) in [6.45, 7) is 8.38. The van der Waals surface area contributed by atoms with Crippen LogP contribution < -0.4 is 10.9 Å². The van der Waals surface area contributed by atoms with E-state index >= 15 is 0 Å². The maximum Gasteiger partial charge on any atom is 0.361 e. The Morgan fingerprint density at radius 3 is 1.42 bits per heavy atom. The van der Waals surface area contributed by atoms with Gasteiger partial charge >= 0.3 is 6.92 Å². The van der Waals surface area contributed by atoms with Crippen molar-refractivity contribution in [2.75, 3.05) is 0 Å². The van der Waals surface area contributed by atoms with Crippen LogP contribution in [0.5, 0.6) is 0 Å². The van der Waals surface area contributed by atoms with E-state index in [-0.39, 0.29) is 13.0 Å². The summed E-state index contributed by atoms with van der Waals surface area (Å²) in [6, 6.07) is 17.2. The molecule has 0 spiro atoms. The molecule has 0 atom stereocenters. The van der Waals surface area contributed by atoms with Crippen molar-refractivity contribution < 1.29 is 4.65 Å². The molecule has 0 fully saturated rings. The first kappa shape index (κ1) is 13.9. The minimum absolute atomic E-state index is 0.0150. The third kappa shape index (κ3) is 3.71. The van der Waals surface area contributed by atoms with Gasteiger partial charge in [-0.05, 0) is 38.6 Å². The number of hydrogen-bond acceptors (Lipinski definition) is 1. The highest BCUT2D eigenvalue weighted by molar-refractivity contribution is 6.80. The van der Waals surface area contributed by atoms with E-state index in [1.807, 2.05) is 0 Å². The molecule has 98 valence electrons. The fraction of sp³-hybridized carbons (Fsp3) is 0.294. The first-order valence-electron chi connectivity index (χ1n) is 6.85. The Hall–Kier alpha value is -1.54. The first-order chi connectivity index (χ1) is 9.06. The summed E-state index contributed by atoms with van der Waals surface area (Å²) in [7, 11) is 0. The Morgan fingerprint density at radius 2 is 1.11 bits per heavy atom. The van der Waals surface area contributed by atoms with E-state index in [4.69, 9.17) is 4.65 Å². The fourth-order valence-electron chi connectivity index (χ4n) is 2.10. The van der Waals surface area contributed by atoms with Gasteiger partial charge in [-0.1, -0.05) is 59.7 Å². The molecule has 0 amide bonds. The number of rotatable bonds is 4. The Morgan fingerprint density at radius 1 is 0.737 bits per heavy atom. The SMILES string of the molecule is Cc1ccc(B(OC(C)C)c2ccc(C)cc2)cc1. The van der Waals surface area contributed by atoms with E-state index in [1.165, 1.54) is 22.1 Å². The second-order valence-electron chi connectivity index (χ2n) is 5.39. The van der Waals surface area contributed by atoms with Crippen molar-refractivity contribution in [3.63, 3.8) is 0 Å². The Balaban J connectivity index is 2.35. The molecule has 2 aromatic carbocycles. The molecule has 0 unspecified atom stereocenters. The largest absolute Gasteiger partial charge is 0.425 e. The van der Waals surface area contributed by atoms with Crippen LogP contribution in [-0.2, 0) is 4.65 Å². The van der Waals surface area contributed by atoms with E-state index in [9.17, 15) is 0 Å².